The monoisotopic (exact) mass is 776 g/mol. The Kier molecular flexibility index (Phi) is 8.72. The largest absolute Gasteiger partial charge is 0.308 e. The van der Waals surface area contributed by atoms with Crippen molar-refractivity contribution in [2.45, 2.75) is 19.6 Å². The van der Waals surface area contributed by atoms with Gasteiger partial charge in [0.2, 0.25) is 0 Å². The minimum atomic E-state index is 1.15. The fraction of sp³-hybridized carbons (Fsp3) is 0. The van der Waals surface area contributed by atoms with E-state index in [0.29, 0.717) is 0 Å². The highest BCUT2D eigenvalue weighted by atomic mass is 32.2. The summed E-state index contributed by atoms with van der Waals surface area (Å²) in [5, 5.41) is 4.96. The van der Waals surface area contributed by atoms with Gasteiger partial charge in [-0.3, -0.25) is 0 Å². The summed E-state index contributed by atoms with van der Waals surface area (Å²) in [4.78, 5) is 9.83. The minimum Gasteiger partial charge on any atom is -0.308 e. The first-order chi connectivity index (χ1) is 28.8. The Morgan fingerprint density at radius 2 is 0.552 bits per heavy atom. The van der Waals surface area contributed by atoms with Gasteiger partial charge in [-0.25, -0.2) is 0 Å². The van der Waals surface area contributed by atoms with Crippen molar-refractivity contribution >= 4 is 103 Å². The van der Waals surface area contributed by atoms with Gasteiger partial charge in [0.05, 0.1) is 22.7 Å². The fourth-order valence-corrected chi connectivity index (χ4v) is 10.5. The fourth-order valence-electron chi connectivity index (χ4n) is 8.35. The van der Waals surface area contributed by atoms with Gasteiger partial charge in [0.1, 0.15) is 0 Å². The Bertz CT molecular complexity index is 2720. The van der Waals surface area contributed by atoms with Crippen LogP contribution in [0.4, 0.5) is 34.1 Å². The first-order valence-corrected chi connectivity index (χ1v) is 21.2. The van der Waals surface area contributed by atoms with E-state index in [1.54, 1.807) is 0 Å². The molecule has 2 nitrogen and oxygen atoms in total. The van der Waals surface area contributed by atoms with E-state index < -0.39 is 0 Å². The summed E-state index contributed by atoms with van der Waals surface area (Å²) >= 11 is 3.67. The predicted octanol–water partition coefficient (Wildman–Crippen LogP) is 16.2. The Labute approximate surface area is 347 Å². The van der Waals surface area contributed by atoms with Gasteiger partial charge < -0.3 is 9.80 Å². The van der Waals surface area contributed by atoms with E-state index >= 15 is 0 Å². The molecule has 2 heterocycles. The maximum Gasteiger partial charge on any atom is 0.0601 e. The van der Waals surface area contributed by atoms with Crippen molar-refractivity contribution in [3.63, 3.8) is 0 Å². The van der Waals surface area contributed by atoms with Crippen molar-refractivity contribution in [1.29, 1.82) is 0 Å². The van der Waals surface area contributed by atoms with Gasteiger partial charge in [0, 0.05) is 31.0 Å². The van der Waals surface area contributed by atoms with Gasteiger partial charge in [-0.1, -0.05) is 169 Å². The average molecular weight is 777 g/mol. The molecule has 9 aromatic carbocycles. The summed E-state index contributed by atoms with van der Waals surface area (Å²) in [7, 11) is 0. The molecule has 0 unspecified atom stereocenters. The molecule has 0 N–H and O–H groups in total. The summed E-state index contributed by atoms with van der Waals surface area (Å²) in [6.07, 6.45) is 9.09. The summed E-state index contributed by atoms with van der Waals surface area (Å²) < 4.78 is 0. The lowest BCUT2D eigenvalue weighted by Crippen LogP contribution is -2.14. The predicted molar refractivity (Wildman–Crippen MR) is 250 cm³/mol. The number of anilines is 6. The molecule has 0 saturated heterocycles. The molecule has 0 aromatic heterocycles. The lowest BCUT2D eigenvalue weighted by molar-refractivity contribution is 1.17. The zero-order chi connectivity index (χ0) is 38.4. The van der Waals surface area contributed by atoms with E-state index in [4.69, 9.17) is 0 Å². The number of para-hydroxylation sites is 4. The summed E-state index contributed by atoms with van der Waals surface area (Å²) in [6, 6.07) is 70.2. The lowest BCUT2D eigenvalue weighted by Gasteiger charge is -2.32. The molecule has 4 heteroatoms. The number of hydrogen-bond acceptors (Lipinski definition) is 4. The van der Waals surface area contributed by atoms with Crippen LogP contribution < -0.4 is 9.80 Å². The Balaban J connectivity index is 0.916. The summed E-state index contributed by atoms with van der Waals surface area (Å²) in [6.45, 7) is 0. The zero-order valence-corrected chi connectivity index (χ0v) is 33.1. The van der Waals surface area contributed by atoms with Crippen molar-refractivity contribution in [1.82, 2.24) is 0 Å². The van der Waals surface area contributed by atoms with Crippen LogP contribution in [0.3, 0.4) is 0 Å². The van der Waals surface area contributed by atoms with Gasteiger partial charge in [0.15, 0.2) is 0 Å². The molecule has 2 aliphatic rings. The van der Waals surface area contributed by atoms with Crippen LogP contribution in [-0.4, -0.2) is 0 Å². The maximum absolute atomic E-state index is 2.38. The molecule has 0 atom stereocenters. The first-order valence-electron chi connectivity index (χ1n) is 19.6. The van der Waals surface area contributed by atoms with Gasteiger partial charge in [0.25, 0.3) is 0 Å². The molecule has 58 heavy (non-hydrogen) atoms. The number of fused-ring (bicyclic) bond motifs is 6. The van der Waals surface area contributed by atoms with E-state index in [2.05, 4.69) is 228 Å². The second-order valence-corrected chi connectivity index (χ2v) is 16.7. The maximum atomic E-state index is 2.38. The van der Waals surface area contributed by atoms with Crippen molar-refractivity contribution < 1.29 is 0 Å². The molecule has 0 radical (unpaired) electrons. The second kappa shape index (κ2) is 14.7. The van der Waals surface area contributed by atoms with Crippen LogP contribution in [0.1, 0.15) is 22.3 Å². The molecule has 0 saturated carbocycles. The van der Waals surface area contributed by atoms with E-state index in [-0.39, 0.29) is 0 Å². The molecule has 0 amide bonds. The van der Waals surface area contributed by atoms with Gasteiger partial charge >= 0.3 is 0 Å². The van der Waals surface area contributed by atoms with Gasteiger partial charge in [-0.15, -0.1) is 0 Å². The van der Waals surface area contributed by atoms with Crippen LogP contribution >= 0.6 is 23.5 Å². The van der Waals surface area contributed by atoms with E-state index in [1.807, 2.05) is 23.5 Å². The molecular formula is C54H36N2S2. The third-order valence-electron chi connectivity index (χ3n) is 11.1. The highest BCUT2D eigenvalue weighted by Crippen LogP contribution is 2.52. The van der Waals surface area contributed by atoms with Crippen molar-refractivity contribution in [3.05, 3.63) is 216 Å². The van der Waals surface area contributed by atoms with Crippen LogP contribution in [0.5, 0.6) is 0 Å². The van der Waals surface area contributed by atoms with E-state index in [1.165, 1.54) is 75.0 Å². The number of nitrogens with zero attached hydrogens (tertiary/aromatic N) is 2. The first kappa shape index (κ1) is 34.5. The number of rotatable bonds is 6. The molecule has 0 aliphatic carbocycles. The molecule has 0 fully saturated rings. The molecular weight excluding hydrogens is 741 g/mol. The Morgan fingerprint density at radius 1 is 0.276 bits per heavy atom. The Hall–Kier alpha value is -6.72. The topological polar surface area (TPSA) is 6.48 Å². The van der Waals surface area contributed by atoms with Gasteiger partial charge in [-0.2, -0.15) is 0 Å². The third kappa shape index (κ3) is 6.10. The second-order valence-electron chi connectivity index (χ2n) is 14.5. The van der Waals surface area contributed by atoms with Crippen molar-refractivity contribution in [2.24, 2.45) is 0 Å². The average Bonchev–Trinajstić information content (AvgIpc) is 3.29. The number of benzene rings is 9. The number of hydrogen-bond donors (Lipinski definition) is 0. The highest BCUT2D eigenvalue weighted by Gasteiger charge is 2.25. The summed E-state index contributed by atoms with van der Waals surface area (Å²) in [5.74, 6) is 0. The Morgan fingerprint density at radius 3 is 0.862 bits per heavy atom. The van der Waals surface area contributed by atoms with Crippen LogP contribution in [0.15, 0.2) is 214 Å². The molecule has 0 spiro atoms. The van der Waals surface area contributed by atoms with Crippen molar-refractivity contribution in [2.75, 3.05) is 9.80 Å². The van der Waals surface area contributed by atoms with Crippen LogP contribution in [0.2, 0.25) is 0 Å². The molecule has 9 aromatic rings. The lowest BCUT2D eigenvalue weighted by atomic mass is 9.91. The third-order valence-corrected chi connectivity index (χ3v) is 13.3. The molecule has 274 valence electrons. The SMILES string of the molecule is C(=Cc1c2ccccc2c(C=Cc2ccc(N3c4ccccc4Sc4ccccc43)cc2)c2ccccc12)c1ccc(N2c3ccccc3Sc3ccccc32)cc1. The smallest absolute Gasteiger partial charge is 0.0601 e. The highest BCUT2D eigenvalue weighted by molar-refractivity contribution is 8.00. The summed E-state index contributed by atoms with van der Waals surface area (Å²) in [5.41, 5.74) is 11.9. The minimum absolute atomic E-state index is 1.15. The standard InChI is InChI=1S/C54H36N2S2/c1-2-14-42-41(13-1)45(35-29-37-25-31-39(32-26-37)55-47-17-5-9-21-51(47)57-52-22-10-6-18-48(52)55)43-15-3-4-16-44(43)46(42)36-30-38-27-33-40(34-28-38)56-49-19-7-11-23-53(49)58-54-24-12-8-20-50(54)56/h1-36H. The molecule has 11 rings (SSSR count). The molecule has 0 bridgehead atoms. The van der Waals surface area contributed by atoms with E-state index in [0.717, 1.165) is 22.5 Å². The van der Waals surface area contributed by atoms with Gasteiger partial charge in [-0.05, 0) is 117 Å². The molecule has 2 aliphatic heterocycles. The quantitative estimate of drug-likeness (QED) is 0.122. The van der Waals surface area contributed by atoms with E-state index in [9.17, 15) is 0 Å². The van der Waals surface area contributed by atoms with Crippen molar-refractivity contribution in [3.8, 4) is 0 Å². The van der Waals surface area contributed by atoms with Crippen LogP contribution in [0.25, 0.3) is 45.8 Å². The normalized spacial score (nSPS) is 13.2. The van der Waals surface area contributed by atoms with Crippen LogP contribution in [0, 0.1) is 0 Å². The van der Waals surface area contributed by atoms with Crippen LogP contribution in [-0.2, 0) is 0 Å². The zero-order valence-electron chi connectivity index (χ0n) is 31.5.